The zero-order chi connectivity index (χ0) is 17.1. The Morgan fingerprint density at radius 1 is 1.21 bits per heavy atom. The van der Waals surface area contributed by atoms with Gasteiger partial charge < -0.3 is 5.11 Å². The van der Waals surface area contributed by atoms with Gasteiger partial charge in [-0.05, 0) is 35.5 Å². The van der Waals surface area contributed by atoms with Crippen molar-refractivity contribution in [3.63, 3.8) is 0 Å². The van der Waals surface area contributed by atoms with E-state index < -0.39 is 0 Å². The Morgan fingerprint density at radius 3 is 2.54 bits per heavy atom. The van der Waals surface area contributed by atoms with Crippen molar-refractivity contribution >= 4 is 41.6 Å². The number of H-pyrrole nitrogens is 1. The second kappa shape index (κ2) is 7.17. The lowest BCUT2D eigenvalue weighted by Crippen LogP contribution is -2.00. The molecule has 3 rings (SSSR count). The lowest BCUT2D eigenvalue weighted by Gasteiger charge is -2.03. The highest BCUT2D eigenvalue weighted by Gasteiger charge is 2.08. The number of hydrogen-bond acceptors (Lipinski definition) is 4. The molecular formula is C16H12Cl2N4OS. The van der Waals surface area contributed by atoms with E-state index >= 15 is 0 Å². The van der Waals surface area contributed by atoms with Gasteiger partial charge in [-0.15, -0.1) is 0 Å². The number of halogens is 2. The van der Waals surface area contributed by atoms with Crippen molar-refractivity contribution in [2.24, 2.45) is 5.10 Å². The lowest BCUT2D eigenvalue weighted by atomic mass is 10.1. The Morgan fingerprint density at radius 2 is 1.88 bits per heavy atom. The van der Waals surface area contributed by atoms with Gasteiger partial charge in [-0.25, -0.2) is 0 Å². The third kappa shape index (κ3) is 3.67. The number of aromatic amines is 1. The van der Waals surface area contributed by atoms with Crippen molar-refractivity contribution < 1.29 is 5.11 Å². The second-order valence-electron chi connectivity index (χ2n) is 5.00. The third-order valence-corrected chi connectivity index (χ3v) is 4.12. The van der Waals surface area contributed by atoms with Crippen LogP contribution in [0.5, 0.6) is 5.75 Å². The van der Waals surface area contributed by atoms with Gasteiger partial charge in [0.2, 0.25) is 4.77 Å². The number of phenolic OH excluding ortho intramolecular Hbond substituents is 1. The first-order valence-corrected chi connectivity index (χ1v) is 8.13. The van der Waals surface area contributed by atoms with Crippen LogP contribution in [0.4, 0.5) is 0 Å². The summed E-state index contributed by atoms with van der Waals surface area (Å²) in [4.78, 5) is 0. The molecule has 1 aromatic heterocycles. The first-order chi connectivity index (χ1) is 11.5. The number of hydrogen-bond donors (Lipinski definition) is 2. The molecule has 0 bridgehead atoms. The fraction of sp³-hybridized carbons (Fsp3) is 0.0625. The minimum absolute atomic E-state index is 0.153. The second-order valence-corrected chi connectivity index (χ2v) is 6.20. The van der Waals surface area contributed by atoms with Crippen LogP contribution >= 0.6 is 35.4 Å². The summed E-state index contributed by atoms with van der Waals surface area (Å²) in [5, 5.41) is 21.2. The molecule has 1 heterocycles. The molecule has 5 nitrogen and oxygen atoms in total. The maximum atomic E-state index is 9.59. The predicted molar refractivity (Wildman–Crippen MR) is 97.8 cm³/mol. The monoisotopic (exact) mass is 378 g/mol. The van der Waals surface area contributed by atoms with E-state index in [1.165, 1.54) is 4.68 Å². The molecule has 2 aromatic carbocycles. The highest BCUT2D eigenvalue weighted by Crippen LogP contribution is 2.32. The third-order valence-electron chi connectivity index (χ3n) is 3.28. The first kappa shape index (κ1) is 16.7. The van der Waals surface area contributed by atoms with Crippen molar-refractivity contribution in [3.05, 3.63) is 74.2 Å². The quantitative estimate of drug-likeness (QED) is 0.521. The highest BCUT2D eigenvalue weighted by atomic mass is 35.5. The molecule has 0 amide bonds. The number of rotatable bonds is 4. The molecular weight excluding hydrogens is 367 g/mol. The van der Waals surface area contributed by atoms with Gasteiger partial charge in [-0.1, -0.05) is 53.5 Å². The van der Waals surface area contributed by atoms with E-state index in [1.807, 2.05) is 30.3 Å². The Bertz CT molecular complexity index is 927. The van der Waals surface area contributed by atoms with Crippen molar-refractivity contribution in [2.45, 2.75) is 6.42 Å². The fourth-order valence-corrected chi connectivity index (χ4v) is 2.82. The lowest BCUT2D eigenvalue weighted by molar-refractivity contribution is 0.476. The van der Waals surface area contributed by atoms with E-state index in [9.17, 15) is 5.11 Å². The van der Waals surface area contributed by atoms with Gasteiger partial charge in [-0.2, -0.15) is 14.9 Å². The summed E-state index contributed by atoms with van der Waals surface area (Å²) in [5.74, 6) is 0.526. The van der Waals surface area contributed by atoms with Gasteiger partial charge in [0.25, 0.3) is 0 Å². The standard InChI is InChI=1S/C16H12Cl2N4OS/c17-12-6-11(7-13(18)15(12)23)9-19-22-14(20-21-16(22)24)8-10-4-2-1-3-5-10/h1-7,9,23H,8H2,(H,21,24)/b19-9-. The van der Waals surface area contributed by atoms with Gasteiger partial charge in [0, 0.05) is 6.42 Å². The Balaban J connectivity index is 1.90. The largest absolute Gasteiger partial charge is 0.505 e. The minimum Gasteiger partial charge on any atom is -0.505 e. The smallest absolute Gasteiger partial charge is 0.216 e. The maximum absolute atomic E-state index is 9.59. The topological polar surface area (TPSA) is 66.2 Å². The molecule has 24 heavy (non-hydrogen) atoms. The molecule has 0 fully saturated rings. The average molecular weight is 379 g/mol. The van der Waals surface area contributed by atoms with Crippen LogP contribution < -0.4 is 0 Å². The highest BCUT2D eigenvalue weighted by molar-refractivity contribution is 7.71. The molecule has 2 N–H and O–H groups in total. The molecule has 3 aromatic rings. The van der Waals surface area contributed by atoms with Crippen molar-refractivity contribution in [2.75, 3.05) is 0 Å². The zero-order valence-electron chi connectivity index (χ0n) is 12.3. The van der Waals surface area contributed by atoms with Gasteiger partial charge in [0.05, 0.1) is 16.3 Å². The first-order valence-electron chi connectivity index (χ1n) is 6.97. The molecule has 122 valence electrons. The predicted octanol–water partition coefficient (Wildman–Crippen LogP) is 4.43. The van der Waals surface area contributed by atoms with Crippen LogP contribution in [0, 0.1) is 4.77 Å². The van der Waals surface area contributed by atoms with E-state index in [0.717, 1.165) is 5.56 Å². The molecule has 0 saturated heterocycles. The number of aromatic hydroxyl groups is 1. The van der Waals surface area contributed by atoms with Crippen LogP contribution in [0.15, 0.2) is 47.6 Å². The van der Waals surface area contributed by atoms with Crippen LogP contribution in [0.1, 0.15) is 17.0 Å². The zero-order valence-corrected chi connectivity index (χ0v) is 14.6. The van der Waals surface area contributed by atoms with Gasteiger partial charge in [0.1, 0.15) is 0 Å². The van der Waals surface area contributed by atoms with E-state index in [1.54, 1.807) is 18.3 Å². The van der Waals surface area contributed by atoms with Crippen molar-refractivity contribution in [1.29, 1.82) is 0 Å². The van der Waals surface area contributed by atoms with Crippen LogP contribution in [-0.4, -0.2) is 26.2 Å². The van der Waals surface area contributed by atoms with Gasteiger partial charge in [-0.3, -0.25) is 5.10 Å². The number of benzene rings is 2. The molecule has 8 heteroatoms. The molecule has 0 atom stereocenters. The van der Waals surface area contributed by atoms with Crippen LogP contribution in [-0.2, 0) is 6.42 Å². The van der Waals surface area contributed by atoms with Crippen LogP contribution in [0.2, 0.25) is 10.0 Å². The van der Waals surface area contributed by atoms with E-state index in [-0.39, 0.29) is 15.8 Å². The summed E-state index contributed by atoms with van der Waals surface area (Å²) in [6.07, 6.45) is 2.14. The SMILES string of the molecule is Oc1c(Cl)cc(/C=N\n2c(Cc3ccccc3)n[nH]c2=S)cc1Cl. The number of aromatic nitrogens is 3. The molecule has 0 aliphatic rings. The summed E-state index contributed by atoms with van der Waals surface area (Å²) in [6, 6.07) is 13.0. The Labute approximate surface area is 153 Å². The molecule has 0 aliphatic carbocycles. The summed E-state index contributed by atoms with van der Waals surface area (Å²) >= 11 is 17.0. The van der Waals surface area contributed by atoms with Crippen molar-refractivity contribution in [1.82, 2.24) is 14.9 Å². The summed E-state index contributed by atoms with van der Waals surface area (Å²) in [7, 11) is 0. The molecule has 0 spiro atoms. The Hall–Kier alpha value is -2.15. The van der Waals surface area contributed by atoms with Crippen molar-refractivity contribution in [3.8, 4) is 5.75 Å². The van der Waals surface area contributed by atoms with Crippen LogP contribution in [0.25, 0.3) is 0 Å². The Kier molecular flexibility index (Phi) is 4.99. The van der Waals surface area contributed by atoms with E-state index in [2.05, 4.69) is 15.3 Å². The van der Waals surface area contributed by atoms with Crippen LogP contribution in [0.3, 0.4) is 0 Å². The fourth-order valence-electron chi connectivity index (χ4n) is 2.12. The summed E-state index contributed by atoms with van der Waals surface area (Å²) in [5.41, 5.74) is 1.73. The van der Waals surface area contributed by atoms with Gasteiger partial charge in [0.15, 0.2) is 11.6 Å². The van der Waals surface area contributed by atoms with E-state index in [0.29, 0.717) is 22.6 Å². The minimum atomic E-state index is -0.153. The average Bonchev–Trinajstić information content (AvgIpc) is 2.91. The number of phenols is 1. The van der Waals surface area contributed by atoms with E-state index in [4.69, 9.17) is 35.4 Å². The molecule has 0 unspecified atom stereocenters. The maximum Gasteiger partial charge on any atom is 0.216 e. The normalized spacial score (nSPS) is 11.2. The van der Waals surface area contributed by atoms with Gasteiger partial charge >= 0.3 is 0 Å². The summed E-state index contributed by atoms with van der Waals surface area (Å²) in [6.45, 7) is 0. The number of nitrogens with one attached hydrogen (secondary N) is 1. The number of nitrogens with zero attached hydrogens (tertiary/aromatic N) is 3. The molecule has 0 aliphatic heterocycles. The summed E-state index contributed by atoms with van der Waals surface area (Å²) < 4.78 is 1.92. The molecule has 0 radical (unpaired) electrons. The molecule has 0 saturated carbocycles.